The molecule has 1 aromatic carbocycles. The first-order chi connectivity index (χ1) is 11.4. The molecule has 1 heterocycles. The van der Waals surface area contributed by atoms with Gasteiger partial charge >= 0.3 is 6.03 Å². The molecule has 0 unspecified atom stereocenters. The van der Waals surface area contributed by atoms with Gasteiger partial charge in [0.05, 0.1) is 0 Å². The minimum atomic E-state index is -1.06. The maximum absolute atomic E-state index is 12.9. The summed E-state index contributed by atoms with van der Waals surface area (Å²) in [4.78, 5) is 27.2. The van der Waals surface area contributed by atoms with Crippen LogP contribution in [0.15, 0.2) is 30.3 Å². The highest BCUT2D eigenvalue weighted by atomic mass is 32.1. The zero-order valence-electron chi connectivity index (χ0n) is 14.1. The maximum atomic E-state index is 12.9. The molecule has 1 atom stereocenters. The van der Waals surface area contributed by atoms with Crippen LogP contribution in [0.1, 0.15) is 18.9 Å². The topological polar surface area (TPSA) is 76.7 Å². The van der Waals surface area contributed by atoms with Gasteiger partial charge in [0.15, 0.2) is 5.11 Å². The van der Waals surface area contributed by atoms with E-state index < -0.39 is 11.6 Å². The molecule has 0 spiro atoms. The number of carbonyl (C=O) groups excluding carboxylic acids is 2. The Kier molecular flexibility index (Phi) is 5.74. The van der Waals surface area contributed by atoms with Crippen LogP contribution in [0.4, 0.5) is 4.79 Å². The second-order valence-corrected chi connectivity index (χ2v) is 6.27. The molecule has 1 aliphatic rings. The van der Waals surface area contributed by atoms with E-state index in [1.807, 2.05) is 56.3 Å². The molecule has 0 bridgehead atoms. The Morgan fingerprint density at radius 3 is 2.54 bits per heavy atom. The third-order valence-electron chi connectivity index (χ3n) is 3.95. The number of hydrogen-bond acceptors (Lipinski definition) is 4. The van der Waals surface area contributed by atoms with Crippen molar-refractivity contribution in [1.29, 1.82) is 0 Å². The van der Waals surface area contributed by atoms with Gasteiger partial charge in [-0.1, -0.05) is 37.3 Å². The van der Waals surface area contributed by atoms with Gasteiger partial charge in [-0.2, -0.15) is 5.01 Å². The van der Waals surface area contributed by atoms with Gasteiger partial charge < -0.3 is 15.5 Å². The number of likely N-dealkylation sites (N-methyl/N-ethyl adjacent to an activating group) is 1. The fourth-order valence-corrected chi connectivity index (χ4v) is 2.77. The number of nitrogens with one attached hydrogen (secondary N) is 3. The van der Waals surface area contributed by atoms with Crippen LogP contribution in [0.2, 0.25) is 0 Å². The van der Waals surface area contributed by atoms with E-state index >= 15 is 0 Å². The van der Waals surface area contributed by atoms with Crippen molar-refractivity contribution in [2.45, 2.75) is 18.9 Å². The normalized spacial score (nSPS) is 20.2. The van der Waals surface area contributed by atoms with Crippen molar-refractivity contribution in [3.8, 4) is 0 Å². The molecule has 0 aliphatic carbocycles. The van der Waals surface area contributed by atoms with Crippen LogP contribution in [0.3, 0.4) is 0 Å². The summed E-state index contributed by atoms with van der Waals surface area (Å²) >= 11 is 5.16. The smallest absolute Gasteiger partial charge is 0.344 e. The van der Waals surface area contributed by atoms with Gasteiger partial charge in [-0.25, -0.2) is 4.79 Å². The minimum absolute atomic E-state index is 0.236. The lowest BCUT2D eigenvalue weighted by atomic mass is 9.87. The molecule has 1 aromatic rings. The first-order valence-electron chi connectivity index (χ1n) is 7.82. The summed E-state index contributed by atoms with van der Waals surface area (Å²) in [5, 5.41) is 6.95. The van der Waals surface area contributed by atoms with Gasteiger partial charge in [-0.15, -0.1) is 0 Å². The molecule has 3 N–H and O–H groups in total. The fraction of sp³-hybridized carbons (Fsp3) is 0.438. The van der Waals surface area contributed by atoms with E-state index in [2.05, 4.69) is 16.1 Å². The Bertz CT molecular complexity index is 622. The minimum Gasteiger partial charge on any atom is -0.360 e. The average Bonchev–Trinajstić information content (AvgIpc) is 2.80. The third-order valence-corrected chi connectivity index (χ3v) is 4.18. The molecule has 2 rings (SSSR count). The lowest BCUT2D eigenvalue weighted by molar-refractivity contribution is -0.133. The van der Waals surface area contributed by atoms with Gasteiger partial charge in [0.25, 0.3) is 5.91 Å². The van der Waals surface area contributed by atoms with Gasteiger partial charge in [-0.05, 0) is 38.3 Å². The first kappa shape index (κ1) is 18.2. The van der Waals surface area contributed by atoms with Crippen LogP contribution in [0.5, 0.6) is 0 Å². The molecular weight excluding hydrogens is 326 g/mol. The Labute approximate surface area is 147 Å². The lowest BCUT2D eigenvalue weighted by Crippen LogP contribution is -2.52. The summed E-state index contributed by atoms with van der Waals surface area (Å²) in [6.07, 6.45) is 0.445. The molecule has 0 saturated carbocycles. The zero-order valence-corrected chi connectivity index (χ0v) is 14.9. The highest BCUT2D eigenvalue weighted by Crippen LogP contribution is 2.31. The van der Waals surface area contributed by atoms with Crippen LogP contribution in [0, 0.1) is 0 Å². The summed E-state index contributed by atoms with van der Waals surface area (Å²) in [5.41, 5.74) is 2.37. The molecule has 7 nitrogen and oxygen atoms in total. The predicted octanol–water partition coefficient (Wildman–Crippen LogP) is 0.784. The van der Waals surface area contributed by atoms with Crippen molar-refractivity contribution in [2.75, 3.05) is 27.2 Å². The van der Waals surface area contributed by atoms with E-state index in [4.69, 9.17) is 12.2 Å². The number of nitrogens with zero attached hydrogens (tertiary/aromatic N) is 2. The number of rotatable bonds is 6. The summed E-state index contributed by atoms with van der Waals surface area (Å²) in [5.74, 6) is -0.363. The second-order valence-electron chi connectivity index (χ2n) is 5.87. The Balaban J connectivity index is 2.09. The van der Waals surface area contributed by atoms with Crippen molar-refractivity contribution in [1.82, 2.24) is 26.0 Å². The van der Waals surface area contributed by atoms with E-state index in [0.717, 1.165) is 17.1 Å². The SMILES string of the molecule is CC[C@@]1(c2ccccc2)NC(=O)N(NC(=S)NCCN(C)C)C1=O. The largest absolute Gasteiger partial charge is 0.360 e. The zero-order chi connectivity index (χ0) is 17.7. The predicted molar refractivity (Wildman–Crippen MR) is 96.1 cm³/mol. The van der Waals surface area contributed by atoms with Gasteiger partial charge in [0.2, 0.25) is 0 Å². The molecule has 0 radical (unpaired) electrons. The number of hydrazine groups is 1. The summed E-state index contributed by atoms with van der Waals surface area (Å²) in [6.45, 7) is 3.26. The van der Waals surface area contributed by atoms with Crippen LogP contribution >= 0.6 is 12.2 Å². The Hall–Kier alpha value is -2.19. The second kappa shape index (κ2) is 7.59. The van der Waals surface area contributed by atoms with Gasteiger partial charge in [0.1, 0.15) is 5.54 Å². The number of thiocarbonyl (C=S) groups is 1. The summed E-state index contributed by atoms with van der Waals surface area (Å²) < 4.78 is 0. The number of benzene rings is 1. The fourth-order valence-electron chi connectivity index (χ4n) is 2.57. The first-order valence-corrected chi connectivity index (χ1v) is 8.23. The van der Waals surface area contributed by atoms with Crippen LogP contribution in [0.25, 0.3) is 0 Å². The van der Waals surface area contributed by atoms with E-state index in [1.54, 1.807) is 0 Å². The number of carbonyl (C=O) groups is 2. The van der Waals surface area contributed by atoms with Crippen LogP contribution < -0.4 is 16.1 Å². The van der Waals surface area contributed by atoms with E-state index in [0.29, 0.717) is 13.0 Å². The average molecular weight is 349 g/mol. The maximum Gasteiger partial charge on any atom is 0.344 e. The Morgan fingerprint density at radius 1 is 1.29 bits per heavy atom. The number of hydrogen-bond donors (Lipinski definition) is 3. The van der Waals surface area contributed by atoms with Crippen molar-refractivity contribution in [2.24, 2.45) is 0 Å². The Morgan fingerprint density at radius 2 is 1.96 bits per heavy atom. The molecule has 3 amide bonds. The lowest BCUT2D eigenvalue weighted by Gasteiger charge is -2.25. The number of amides is 3. The van der Waals surface area contributed by atoms with E-state index in [9.17, 15) is 9.59 Å². The van der Waals surface area contributed by atoms with Crippen LogP contribution in [-0.2, 0) is 10.3 Å². The van der Waals surface area contributed by atoms with Gasteiger partial charge in [-0.3, -0.25) is 10.2 Å². The highest BCUT2D eigenvalue weighted by Gasteiger charge is 2.51. The molecule has 1 aliphatic heterocycles. The van der Waals surface area contributed by atoms with E-state index in [-0.39, 0.29) is 11.0 Å². The third kappa shape index (κ3) is 3.65. The molecule has 1 fully saturated rings. The molecule has 0 aromatic heterocycles. The van der Waals surface area contributed by atoms with Crippen LogP contribution in [-0.4, -0.2) is 54.1 Å². The van der Waals surface area contributed by atoms with Crippen molar-refractivity contribution >= 4 is 29.3 Å². The standard InChI is InChI=1S/C16H23N5O2S/c1-4-16(12-8-6-5-7-9-12)13(22)21(15(23)18-16)19-14(24)17-10-11-20(2)3/h5-9H,4,10-11H2,1-3H3,(H,18,23)(H2,17,19,24)/t16-/m0/s1. The van der Waals surface area contributed by atoms with E-state index in [1.165, 1.54) is 0 Å². The molecule has 1 saturated heterocycles. The van der Waals surface area contributed by atoms with Crippen molar-refractivity contribution < 1.29 is 9.59 Å². The van der Waals surface area contributed by atoms with Crippen molar-refractivity contribution in [3.05, 3.63) is 35.9 Å². The molecule has 8 heteroatoms. The number of imide groups is 1. The molecule has 130 valence electrons. The highest BCUT2D eigenvalue weighted by molar-refractivity contribution is 7.80. The summed E-state index contributed by atoms with van der Waals surface area (Å²) in [6, 6.07) is 8.71. The summed E-state index contributed by atoms with van der Waals surface area (Å²) in [7, 11) is 3.90. The molecule has 24 heavy (non-hydrogen) atoms. The molecular formula is C16H23N5O2S. The van der Waals surface area contributed by atoms with Gasteiger partial charge in [0, 0.05) is 13.1 Å². The number of urea groups is 1. The van der Waals surface area contributed by atoms with Crippen molar-refractivity contribution in [3.63, 3.8) is 0 Å². The quantitative estimate of drug-likeness (QED) is 0.521. The monoisotopic (exact) mass is 349 g/mol.